The number of rotatable bonds is 7. The second-order valence-corrected chi connectivity index (χ2v) is 6.44. The molecule has 0 unspecified atom stereocenters. The molecule has 0 atom stereocenters. The minimum Gasteiger partial charge on any atom is -0.493 e. The Hall–Kier alpha value is -1.53. The minimum absolute atomic E-state index is 0.155. The molecule has 0 saturated carbocycles. The van der Waals surface area contributed by atoms with Crippen LogP contribution in [-0.2, 0) is 4.79 Å². The molecule has 0 aliphatic carbocycles. The number of benzene rings is 2. The number of halogens is 2. The van der Waals surface area contributed by atoms with Gasteiger partial charge in [0.05, 0.1) is 12.4 Å². The van der Waals surface area contributed by atoms with Crippen molar-refractivity contribution in [1.29, 1.82) is 0 Å². The SMILES string of the molecule is O=C(CSCCOc1cccc(Br)c1)Nc1cccc(F)c1. The van der Waals surface area contributed by atoms with Crippen molar-refractivity contribution in [2.24, 2.45) is 0 Å². The van der Waals surface area contributed by atoms with E-state index in [0.29, 0.717) is 23.8 Å². The second kappa shape index (κ2) is 8.80. The normalized spacial score (nSPS) is 10.3. The van der Waals surface area contributed by atoms with Crippen molar-refractivity contribution in [2.45, 2.75) is 0 Å². The van der Waals surface area contributed by atoms with Crippen LogP contribution in [0.4, 0.5) is 10.1 Å². The molecule has 0 fully saturated rings. The first-order valence-corrected chi connectivity index (χ1v) is 8.60. The van der Waals surface area contributed by atoms with E-state index in [9.17, 15) is 9.18 Å². The summed E-state index contributed by atoms with van der Waals surface area (Å²) in [6.07, 6.45) is 0. The Bertz CT molecular complexity index is 639. The zero-order chi connectivity index (χ0) is 15.8. The Labute approximate surface area is 141 Å². The van der Waals surface area contributed by atoms with Crippen LogP contribution in [0.2, 0.25) is 0 Å². The molecule has 0 spiro atoms. The van der Waals surface area contributed by atoms with Gasteiger partial charge in [-0.05, 0) is 36.4 Å². The fourth-order valence-electron chi connectivity index (χ4n) is 1.70. The largest absolute Gasteiger partial charge is 0.493 e. The number of anilines is 1. The number of amides is 1. The van der Waals surface area contributed by atoms with Gasteiger partial charge in [0, 0.05) is 15.9 Å². The van der Waals surface area contributed by atoms with Crippen molar-refractivity contribution < 1.29 is 13.9 Å². The lowest BCUT2D eigenvalue weighted by Crippen LogP contribution is -2.15. The molecule has 0 bridgehead atoms. The number of carbonyl (C=O) groups excluding carboxylic acids is 1. The van der Waals surface area contributed by atoms with Gasteiger partial charge in [0.2, 0.25) is 5.91 Å². The lowest BCUT2D eigenvalue weighted by Gasteiger charge is -2.07. The van der Waals surface area contributed by atoms with Gasteiger partial charge in [-0.3, -0.25) is 4.79 Å². The predicted molar refractivity (Wildman–Crippen MR) is 92.0 cm³/mol. The highest BCUT2D eigenvalue weighted by molar-refractivity contribution is 9.10. The van der Waals surface area contributed by atoms with E-state index < -0.39 is 0 Å². The minimum atomic E-state index is -0.368. The van der Waals surface area contributed by atoms with E-state index in [1.165, 1.54) is 23.9 Å². The Balaban J connectivity index is 1.63. The molecule has 0 aliphatic rings. The van der Waals surface area contributed by atoms with Crippen molar-refractivity contribution in [3.63, 3.8) is 0 Å². The van der Waals surface area contributed by atoms with Crippen LogP contribution in [-0.4, -0.2) is 24.0 Å². The van der Waals surface area contributed by atoms with E-state index in [4.69, 9.17) is 4.74 Å². The first-order valence-electron chi connectivity index (χ1n) is 6.65. The maximum atomic E-state index is 13.0. The van der Waals surface area contributed by atoms with Gasteiger partial charge in [0.15, 0.2) is 0 Å². The zero-order valence-corrected chi connectivity index (χ0v) is 14.1. The van der Waals surface area contributed by atoms with Crippen molar-refractivity contribution in [3.05, 3.63) is 58.8 Å². The maximum Gasteiger partial charge on any atom is 0.234 e. The molecule has 0 radical (unpaired) electrons. The molecule has 0 aromatic heterocycles. The number of nitrogens with one attached hydrogen (secondary N) is 1. The number of carbonyl (C=O) groups is 1. The molecule has 3 nitrogen and oxygen atoms in total. The lowest BCUT2D eigenvalue weighted by atomic mass is 10.3. The summed E-state index contributed by atoms with van der Waals surface area (Å²) in [5.74, 6) is 1.27. The molecule has 1 N–H and O–H groups in total. The van der Waals surface area contributed by atoms with Crippen LogP contribution >= 0.6 is 27.7 Å². The van der Waals surface area contributed by atoms with E-state index in [2.05, 4.69) is 21.2 Å². The van der Waals surface area contributed by atoms with Crippen LogP contribution in [0.25, 0.3) is 0 Å². The van der Waals surface area contributed by atoms with E-state index in [-0.39, 0.29) is 11.7 Å². The summed E-state index contributed by atoms with van der Waals surface area (Å²) < 4.78 is 19.5. The average Bonchev–Trinajstić information content (AvgIpc) is 2.47. The Morgan fingerprint density at radius 3 is 2.82 bits per heavy atom. The highest BCUT2D eigenvalue weighted by Crippen LogP contribution is 2.18. The molecule has 22 heavy (non-hydrogen) atoms. The van der Waals surface area contributed by atoms with Crippen LogP contribution in [0, 0.1) is 5.82 Å². The van der Waals surface area contributed by atoms with E-state index in [1.807, 2.05) is 24.3 Å². The third-order valence-electron chi connectivity index (χ3n) is 2.63. The van der Waals surface area contributed by atoms with Crippen molar-refractivity contribution >= 4 is 39.3 Å². The summed E-state index contributed by atoms with van der Waals surface area (Å²) in [7, 11) is 0. The molecule has 1 amide bonds. The summed E-state index contributed by atoms with van der Waals surface area (Å²) in [5.41, 5.74) is 0.469. The third-order valence-corrected chi connectivity index (χ3v) is 4.05. The van der Waals surface area contributed by atoms with Crippen LogP contribution < -0.4 is 10.1 Å². The van der Waals surface area contributed by atoms with Gasteiger partial charge in [-0.1, -0.05) is 28.1 Å². The highest BCUT2D eigenvalue weighted by Gasteiger charge is 2.03. The van der Waals surface area contributed by atoms with Crippen LogP contribution in [0.5, 0.6) is 5.75 Å². The molecule has 0 heterocycles. The highest BCUT2D eigenvalue weighted by atomic mass is 79.9. The smallest absolute Gasteiger partial charge is 0.234 e. The molecule has 2 rings (SSSR count). The first-order chi connectivity index (χ1) is 10.6. The maximum absolute atomic E-state index is 13.0. The average molecular weight is 384 g/mol. The first kappa shape index (κ1) is 16.8. The number of hydrogen-bond acceptors (Lipinski definition) is 3. The molecule has 116 valence electrons. The monoisotopic (exact) mass is 383 g/mol. The molecule has 2 aromatic rings. The van der Waals surface area contributed by atoms with Crippen molar-refractivity contribution in [1.82, 2.24) is 0 Å². The Kier molecular flexibility index (Phi) is 6.74. The van der Waals surface area contributed by atoms with Gasteiger partial charge in [0.1, 0.15) is 11.6 Å². The van der Waals surface area contributed by atoms with Crippen LogP contribution in [0.1, 0.15) is 0 Å². The van der Waals surface area contributed by atoms with E-state index >= 15 is 0 Å². The predicted octanol–water partition coefficient (Wildman–Crippen LogP) is 4.34. The Morgan fingerprint density at radius 2 is 2.05 bits per heavy atom. The fraction of sp³-hybridized carbons (Fsp3) is 0.188. The quantitative estimate of drug-likeness (QED) is 0.722. The third kappa shape index (κ3) is 6.07. The molecule has 6 heteroatoms. The summed E-state index contributed by atoms with van der Waals surface area (Å²) in [6.45, 7) is 0.522. The second-order valence-electron chi connectivity index (χ2n) is 4.42. The number of thioether (sulfide) groups is 1. The van der Waals surface area contributed by atoms with E-state index in [1.54, 1.807) is 12.1 Å². The van der Waals surface area contributed by atoms with Crippen molar-refractivity contribution in [3.8, 4) is 5.75 Å². The topological polar surface area (TPSA) is 38.3 Å². The lowest BCUT2D eigenvalue weighted by molar-refractivity contribution is -0.113. The summed E-state index contributed by atoms with van der Waals surface area (Å²) >= 11 is 4.84. The standard InChI is InChI=1S/C16H15BrFNO2S/c17-12-3-1-6-15(9-12)21-7-8-22-11-16(20)19-14-5-2-4-13(18)10-14/h1-6,9-10H,7-8,11H2,(H,19,20). The summed E-state index contributed by atoms with van der Waals surface area (Å²) in [4.78, 5) is 11.7. The summed E-state index contributed by atoms with van der Waals surface area (Å²) in [6, 6.07) is 13.4. The van der Waals surface area contributed by atoms with Gasteiger partial charge >= 0.3 is 0 Å². The fourth-order valence-corrected chi connectivity index (χ4v) is 2.68. The molecule has 2 aromatic carbocycles. The van der Waals surface area contributed by atoms with Crippen LogP contribution in [0.3, 0.4) is 0 Å². The van der Waals surface area contributed by atoms with Gasteiger partial charge in [-0.25, -0.2) is 4.39 Å². The van der Waals surface area contributed by atoms with E-state index in [0.717, 1.165) is 10.2 Å². The van der Waals surface area contributed by atoms with Crippen molar-refractivity contribution in [2.75, 3.05) is 23.4 Å². The molecule has 0 aliphatic heterocycles. The number of ether oxygens (including phenoxy) is 1. The summed E-state index contributed by atoms with van der Waals surface area (Å²) in [5, 5.41) is 2.65. The molecular formula is C16H15BrFNO2S. The molecular weight excluding hydrogens is 369 g/mol. The van der Waals surface area contributed by atoms with Gasteiger partial charge in [-0.15, -0.1) is 11.8 Å². The van der Waals surface area contributed by atoms with Gasteiger partial charge in [0.25, 0.3) is 0 Å². The number of hydrogen-bond donors (Lipinski definition) is 1. The van der Waals surface area contributed by atoms with Gasteiger partial charge < -0.3 is 10.1 Å². The van der Waals surface area contributed by atoms with Crippen LogP contribution in [0.15, 0.2) is 53.0 Å². The van der Waals surface area contributed by atoms with Gasteiger partial charge in [-0.2, -0.15) is 0 Å². The molecule has 0 saturated heterocycles. The zero-order valence-electron chi connectivity index (χ0n) is 11.7. The Morgan fingerprint density at radius 1 is 1.23 bits per heavy atom.